The van der Waals surface area contributed by atoms with Crippen molar-refractivity contribution < 1.29 is 4.74 Å². The van der Waals surface area contributed by atoms with E-state index < -0.39 is 0 Å². The van der Waals surface area contributed by atoms with Gasteiger partial charge < -0.3 is 10.1 Å². The minimum absolute atomic E-state index is 0.332. The summed E-state index contributed by atoms with van der Waals surface area (Å²) >= 11 is 1.67. The molecular weight excluding hydrogens is 268 g/mol. The third-order valence-corrected chi connectivity index (χ3v) is 4.43. The van der Waals surface area contributed by atoms with E-state index in [0.29, 0.717) is 18.2 Å². The van der Waals surface area contributed by atoms with Crippen LogP contribution < -0.4 is 5.32 Å². The monoisotopic (exact) mass is 288 g/mol. The van der Waals surface area contributed by atoms with Gasteiger partial charge in [-0.05, 0) is 38.8 Å². The lowest BCUT2D eigenvalue weighted by atomic mass is 9.99. The van der Waals surface area contributed by atoms with Crippen LogP contribution in [0.1, 0.15) is 26.7 Å². The standard InChI is InChI=1S/C16H20N2OS/c1-11-8-15(9-12(2)19-11)18-14-5-3-4-13(10-14)16-17-6-7-20-16/h3-7,10-12,15,18H,8-9H2,1-2H3. The molecule has 1 aromatic carbocycles. The van der Waals surface area contributed by atoms with E-state index in [1.807, 2.05) is 11.6 Å². The Morgan fingerprint density at radius 2 is 2.05 bits per heavy atom. The van der Waals surface area contributed by atoms with Crippen LogP contribution in [0, 0.1) is 0 Å². The minimum Gasteiger partial charge on any atom is -0.382 e. The molecule has 0 saturated carbocycles. The Bertz CT molecular complexity index is 545. The van der Waals surface area contributed by atoms with Crippen molar-refractivity contribution in [2.45, 2.75) is 44.9 Å². The Morgan fingerprint density at radius 1 is 1.25 bits per heavy atom. The summed E-state index contributed by atoms with van der Waals surface area (Å²) in [4.78, 5) is 4.37. The van der Waals surface area contributed by atoms with Crippen molar-refractivity contribution >= 4 is 17.0 Å². The van der Waals surface area contributed by atoms with Crippen molar-refractivity contribution in [3.05, 3.63) is 35.8 Å². The van der Waals surface area contributed by atoms with Crippen LogP contribution in [0.25, 0.3) is 10.6 Å². The quantitative estimate of drug-likeness (QED) is 0.920. The molecule has 0 bridgehead atoms. The first-order valence-corrected chi connectivity index (χ1v) is 8.00. The lowest BCUT2D eigenvalue weighted by Crippen LogP contribution is -2.36. The average Bonchev–Trinajstić information content (AvgIpc) is 2.91. The zero-order chi connectivity index (χ0) is 13.9. The number of anilines is 1. The van der Waals surface area contributed by atoms with Crippen molar-refractivity contribution in [2.24, 2.45) is 0 Å². The van der Waals surface area contributed by atoms with E-state index in [-0.39, 0.29) is 0 Å². The first-order chi connectivity index (χ1) is 9.70. The third-order valence-electron chi connectivity index (χ3n) is 3.61. The van der Waals surface area contributed by atoms with Gasteiger partial charge in [-0.1, -0.05) is 12.1 Å². The van der Waals surface area contributed by atoms with Crippen LogP contribution in [0.5, 0.6) is 0 Å². The maximum absolute atomic E-state index is 5.79. The molecular formula is C16H20N2OS. The molecule has 1 saturated heterocycles. The van der Waals surface area contributed by atoms with Crippen molar-refractivity contribution in [3.8, 4) is 10.6 Å². The van der Waals surface area contributed by atoms with Crippen molar-refractivity contribution in [1.29, 1.82) is 0 Å². The predicted molar refractivity (Wildman–Crippen MR) is 84.2 cm³/mol. The van der Waals surface area contributed by atoms with Gasteiger partial charge in [-0.3, -0.25) is 0 Å². The summed E-state index contributed by atoms with van der Waals surface area (Å²) in [5, 5.41) is 6.72. The molecule has 0 radical (unpaired) electrons. The summed E-state index contributed by atoms with van der Waals surface area (Å²) in [5.74, 6) is 0. The van der Waals surface area contributed by atoms with Gasteiger partial charge in [-0.25, -0.2) is 4.98 Å². The fourth-order valence-electron chi connectivity index (χ4n) is 2.87. The molecule has 106 valence electrons. The topological polar surface area (TPSA) is 34.2 Å². The summed E-state index contributed by atoms with van der Waals surface area (Å²) in [7, 11) is 0. The number of hydrogen-bond donors (Lipinski definition) is 1. The molecule has 1 aromatic heterocycles. The molecule has 3 rings (SSSR count). The number of nitrogens with zero attached hydrogens (tertiary/aromatic N) is 1. The number of benzene rings is 1. The summed E-state index contributed by atoms with van der Waals surface area (Å²) < 4.78 is 5.79. The Kier molecular flexibility index (Phi) is 4.03. The number of hydrogen-bond acceptors (Lipinski definition) is 4. The van der Waals surface area contributed by atoms with Crippen LogP contribution >= 0.6 is 11.3 Å². The smallest absolute Gasteiger partial charge is 0.123 e. The van der Waals surface area contributed by atoms with Gasteiger partial charge in [0, 0.05) is 28.9 Å². The van der Waals surface area contributed by atoms with Crippen LogP contribution in [0.3, 0.4) is 0 Å². The molecule has 2 aromatic rings. The lowest BCUT2D eigenvalue weighted by molar-refractivity contribution is -0.0337. The largest absolute Gasteiger partial charge is 0.382 e. The van der Waals surface area contributed by atoms with Gasteiger partial charge in [0.1, 0.15) is 5.01 Å². The normalized spacial score (nSPS) is 26.4. The van der Waals surface area contributed by atoms with Gasteiger partial charge in [-0.2, -0.15) is 0 Å². The SMILES string of the molecule is CC1CC(Nc2cccc(-c3nccs3)c2)CC(C)O1. The predicted octanol–water partition coefficient (Wildman–Crippen LogP) is 4.18. The fourth-order valence-corrected chi connectivity index (χ4v) is 3.50. The first-order valence-electron chi connectivity index (χ1n) is 7.12. The van der Waals surface area contributed by atoms with Crippen LogP contribution in [0.4, 0.5) is 5.69 Å². The number of nitrogens with one attached hydrogen (secondary N) is 1. The maximum Gasteiger partial charge on any atom is 0.123 e. The molecule has 20 heavy (non-hydrogen) atoms. The van der Waals surface area contributed by atoms with Crippen LogP contribution in [0.2, 0.25) is 0 Å². The Morgan fingerprint density at radius 3 is 2.75 bits per heavy atom. The molecule has 0 amide bonds. The number of rotatable bonds is 3. The molecule has 2 heterocycles. The van der Waals surface area contributed by atoms with Crippen LogP contribution in [0.15, 0.2) is 35.8 Å². The molecule has 2 unspecified atom stereocenters. The van der Waals surface area contributed by atoms with E-state index in [1.54, 1.807) is 11.3 Å². The summed E-state index contributed by atoms with van der Waals surface area (Å²) in [5.41, 5.74) is 2.35. The Balaban J connectivity index is 1.73. The van der Waals surface area contributed by atoms with Gasteiger partial charge in [0.15, 0.2) is 0 Å². The number of thiazole rings is 1. The zero-order valence-electron chi connectivity index (χ0n) is 11.9. The molecule has 4 heteroatoms. The second-order valence-corrected chi connectivity index (χ2v) is 6.38. The molecule has 1 fully saturated rings. The summed E-state index contributed by atoms with van der Waals surface area (Å²) in [6.45, 7) is 4.30. The van der Waals surface area contributed by atoms with E-state index in [4.69, 9.17) is 4.74 Å². The number of ether oxygens (including phenoxy) is 1. The van der Waals surface area contributed by atoms with Gasteiger partial charge in [0.05, 0.1) is 12.2 Å². The minimum atomic E-state index is 0.332. The molecule has 1 aliphatic rings. The van der Waals surface area contributed by atoms with Gasteiger partial charge in [0.2, 0.25) is 0 Å². The molecule has 2 atom stereocenters. The summed E-state index contributed by atoms with van der Waals surface area (Å²) in [6.07, 6.45) is 4.64. The second-order valence-electron chi connectivity index (χ2n) is 5.49. The maximum atomic E-state index is 5.79. The molecule has 0 aliphatic carbocycles. The second kappa shape index (κ2) is 5.94. The van der Waals surface area contributed by atoms with E-state index in [0.717, 1.165) is 17.8 Å². The third kappa shape index (κ3) is 3.19. The zero-order valence-corrected chi connectivity index (χ0v) is 12.7. The molecule has 0 spiro atoms. The lowest BCUT2D eigenvalue weighted by Gasteiger charge is -2.33. The highest BCUT2D eigenvalue weighted by Gasteiger charge is 2.24. The van der Waals surface area contributed by atoms with Crippen LogP contribution in [-0.2, 0) is 4.74 Å². The molecule has 1 N–H and O–H groups in total. The van der Waals surface area contributed by atoms with E-state index >= 15 is 0 Å². The summed E-state index contributed by atoms with van der Waals surface area (Å²) in [6, 6.07) is 9.00. The highest BCUT2D eigenvalue weighted by Crippen LogP contribution is 2.27. The van der Waals surface area contributed by atoms with E-state index in [2.05, 4.69) is 48.4 Å². The van der Waals surface area contributed by atoms with Crippen molar-refractivity contribution in [1.82, 2.24) is 4.98 Å². The fraction of sp³-hybridized carbons (Fsp3) is 0.438. The molecule has 3 nitrogen and oxygen atoms in total. The Labute approximate surface area is 124 Å². The molecule has 1 aliphatic heterocycles. The van der Waals surface area contributed by atoms with Gasteiger partial charge in [0.25, 0.3) is 0 Å². The first kappa shape index (κ1) is 13.6. The van der Waals surface area contributed by atoms with E-state index in [9.17, 15) is 0 Å². The highest BCUT2D eigenvalue weighted by atomic mass is 32.1. The average molecular weight is 288 g/mol. The van der Waals surface area contributed by atoms with Crippen molar-refractivity contribution in [3.63, 3.8) is 0 Å². The van der Waals surface area contributed by atoms with Gasteiger partial charge >= 0.3 is 0 Å². The van der Waals surface area contributed by atoms with E-state index in [1.165, 1.54) is 11.3 Å². The van der Waals surface area contributed by atoms with Gasteiger partial charge in [-0.15, -0.1) is 11.3 Å². The number of aromatic nitrogens is 1. The van der Waals surface area contributed by atoms with Crippen LogP contribution in [-0.4, -0.2) is 23.2 Å². The van der Waals surface area contributed by atoms with Crippen molar-refractivity contribution in [2.75, 3.05) is 5.32 Å². The Hall–Kier alpha value is -1.39. The highest BCUT2D eigenvalue weighted by molar-refractivity contribution is 7.13.